The van der Waals surface area contributed by atoms with Crippen molar-refractivity contribution in [1.29, 1.82) is 0 Å². The molecule has 0 saturated heterocycles. The molecule has 0 aromatic heterocycles. The molecular weight excluding hydrogens is 196 g/mol. The third-order valence-electron chi connectivity index (χ3n) is 2.21. The van der Waals surface area contributed by atoms with Gasteiger partial charge in [-0.1, -0.05) is 0 Å². The molecule has 0 heterocycles. The number of hydrogen-bond donors (Lipinski definition) is 0. The van der Waals surface area contributed by atoms with Crippen LogP contribution in [0.15, 0.2) is 0 Å². The molecular formula is C10H20O3Si. The highest BCUT2D eigenvalue weighted by Gasteiger charge is 2.33. The zero-order valence-electron chi connectivity index (χ0n) is 9.50. The molecule has 1 fully saturated rings. The van der Waals surface area contributed by atoms with E-state index in [4.69, 9.17) is 9.16 Å². The van der Waals surface area contributed by atoms with E-state index in [0.29, 0.717) is 0 Å². The Hall–Kier alpha value is -0.353. The monoisotopic (exact) mass is 216 g/mol. The van der Waals surface area contributed by atoms with Crippen LogP contribution in [0.3, 0.4) is 0 Å². The van der Waals surface area contributed by atoms with Crippen molar-refractivity contribution in [3.05, 3.63) is 0 Å². The maximum atomic E-state index is 10.8. The molecule has 0 bridgehead atoms. The molecule has 1 saturated carbocycles. The summed E-state index contributed by atoms with van der Waals surface area (Å²) in [5, 5.41) is 0. The van der Waals surface area contributed by atoms with Crippen LogP contribution in [0.5, 0.6) is 0 Å². The van der Waals surface area contributed by atoms with Crippen LogP contribution in [-0.2, 0) is 14.0 Å². The fourth-order valence-corrected chi connectivity index (χ4v) is 3.01. The zero-order valence-corrected chi connectivity index (χ0v) is 10.5. The highest BCUT2D eigenvalue weighted by atomic mass is 28.4. The van der Waals surface area contributed by atoms with Crippen molar-refractivity contribution in [3.63, 3.8) is 0 Å². The molecule has 0 unspecified atom stereocenters. The van der Waals surface area contributed by atoms with Gasteiger partial charge in [0, 0.05) is 6.92 Å². The van der Waals surface area contributed by atoms with E-state index in [9.17, 15) is 4.79 Å². The summed E-state index contributed by atoms with van der Waals surface area (Å²) in [6, 6.07) is 0. The highest BCUT2D eigenvalue weighted by Crippen LogP contribution is 2.27. The maximum absolute atomic E-state index is 10.8. The Morgan fingerprint density at radius 3 is 2.29 bits per heavy atom. The first kappa shape index (κ1) is 11.7. The molecule has 0 N–H and O–H groups in total. The van der Waals surface area contributed by atoms with E-state index < -0.39 is 8.32 Å². The quantitative estimate of drug-likeness (QED) is 0.536. The van der Waals surface area contributed by atoms with E-state index in [0.717, 1.165) is 19.3 Å². The summed E-state index contributed by atoms with van der Waals surface area (Å²) in [5.74, 6) is -0.193. The molecule has 3 nitrogen and oxygen atoms in total. The fraction of sp³-hybridized carbons (Fsp3) is 0.900. The molecule has 14 heavy (non-hydrogen) atoms. The number of ether oxygens (including phenoxy) is 1. The summed E-state index contributed by atoms with van der Waals surface area (Å²) >= 11 is 0. The van der Waals surface area contributed by atoms with Crippen molar-refractivity contribution in [1.82, 2.24) is 0 Å². The molecule has 0 aromatic rings. The highest BCUT2D eigenvalue weighted by molar-refractivity contribution is 6.69. The van der Waals surface area contributed by atoms with E-state index in [1.165, 1.54) is 6.92 Å². The van der Waals surface area contributed by atoms with Gasteiger partial charge < -0.3 is 9.16 Å². The summed E-state index contributed by atoms with van der Waals surface area (Å²) in [4.78, 5) is 10.8. The molecule has 1 aliphatic rings. The van der Waals surface area contributed by atoms with Crippen molar-refractivity contribution < 1.29 is 14.0 Å². The van der Waals surface area contributed by atoms with Gasteiger partial charge in [-0.2, -0.15) is 0 Å². The number of esters is 1. The second kappa shape index (κ2) is 4.44. The first-order valence-electron chi connectivity index (χ1n) is 5.23. The predicted molar refractivity (Wildman–Crippen MR) is 57.6 cm³/mol. The first-order chi connectivity index (χ1) is 6.38. The van der Waals surface area contributed by atoms with Crippen LogP contribution in [0, 0.1) is 0 Å². The SMILES string of the molecule is CC(=O)O[C@H]1CCC[C@H]1O[Si](C)(C)C. The van der Waals surface area contributed by atoms with E-state index in [1.54, 1.807) is 0 Å². The predicted octanol–water partition coefficient (Wildman–Crippen LogP) is 2.32. The first-order valence-corrected chi connectivity index (χ1v) is 8.64. The summed E-state index contributed by atoms with van der Waals surface area (Å²) < 4.78 is 11.2. The minimum absolute atomic E-state index is 0.000718. The van der Waals surface area contributed by atoms with Gasteiger partial charge in [0.2, 0.25) is 0 Å². The number of carbonyl (C=O) groups excluding carboxylic acids is 1. The second-order valence-electron chi connectivity index (χ2n) is 4.85. The zero-order chi connectivity index (χ0) is 10.8. The Labute approximate surface area is 86.9 Å². The van der Waals surface area contributed by atoms with Crippen LogP contribution in [0.2, 0.25) is 19.6 Å². The molecule has 0 aromatic carbocycles. The van der Waals surface area contributed by atoms with Crippen molar-refractivity contribution in [2.24, 2.45) is 0 Å². The van der Waals surface area contributed by atoms with Gasteiger partial charge in [0.25, 0.3) is 0 Å². The van der Waals surface area contributed by atoms with Gasteiger partial charge in [-0.15, -0.1) is 0 Å². The third kappa shape index (κ3) is 3.80. The average molecular weight is 216 g/mol. The van der Waals surface area contributed by atoms with E-state index in [-0.39, 0.29) is 18.2 Å². The molecule has 0 radical (unpaired) electrons. The van der Waals surface area contributed by atoms with Crippen molar-refractivity contribution in [2.45, 2.75) is 58.0 Å². The maximum Gasteiger partial charge on any atom is 0.302 e. The van der Waals surface area contributed by atoms with Crippen LogP contribution in [0.25, 0.3) is 0 Å². The van der Waals surface area contributed by atoms with Crippen molar-refractivity contribution >= 4 is 14.3 Å². The lowest BCUT2D eigenvalue weighted by atomic mass is 10.3. The molecule has 0 spiro atoms. The molecule has 0 aliphatic heterocycles. The van der Waals surface area contributed by atoms with Crippen molar-refractivity contribution in [3.8, 4) is 0 Å². The standard InChI is InChI=1S/C10H20O3Si/c1-8(11)12-9-6-5-7-10(9)13-14(2,3)4/h9-10H,5-7H2,1-4H3/t9-,10+/m0/s1. The smallest absolute Gasteiger partial charge is 0.302 e. The number of carbonyl (C=O) groups is 1. The Bertz CT molecular complexity index is 210. The van der Waals surface area contributed by atoms with Gasteiger partial charge in [0.1, 0.15) is 6.10 Å². The second-order valence-corrected chi connectivity index (χ2v) is 9.31. The van der Waals surface area contributed by atoms with Crippen molar-refractivity contribution in [2.75, 3.05) is 0 Å². The average Bonchev–Trinajstić information content (AvgIpc) is 2.32. The van der Waals surface area contributed by atoms with E-state index in [2.05, 4.69) is 19.6 Å². The van der Waals surface area contributed by atoms with Gasteiger partial charge in [0.15, 0.2) is 8.32 Å². The van der Waals surface area contributed by atoms with Crippen LogP contribution in [0.1, 0.15) is 26.2 Å². The fourth-order valence-electron chi connectivity index (χ4n) is 1.83. The lowest BCUT2D eigenvalue weighted by molar-refractivity contribution is -0.149. The number of hydrogen-bond acceptors (Lipinski definition) is 3. The summed E-state index contributed by atoms with van der Waals surface area (Å²) in [7, 11) is -1.51. The third-order valence-corrected chi connectivity index (χ3v) is 3.22. The molecule has 0 amide bonds. The van der Waals surface area contributed by atoms with Gasteiger partial charge in [-0.05, 0) is 38.9 Å². The molecule has 2 atom stereocenters. The summed E-state index contributed by atoms with van der Waals surface area (Å²) in [6.45, 7) is 7.95. The summed E-state index contributed by atoms with van der Waals surface area (Å²) in [6.07, 6.45) is 3.23. The van der Waals surface area contributed by atoms with E-state index >= 15 is 0 Å². The van der Waals surface area contributed by atoms with Crippen LogP contribution in [0.4, 0.5) is 0 Å². The Morgan fingerprint density at radius 1 is 1.21 bits per heavy atom. The molecule has 82 valence electrons. The van der Waals surface area contributed by atoms with E-state index in [1.807, 2.05) is 0 Å². The Balaban J connectivity index is 2.47. The topological polar surface area (TPSA) is 35.5 Å². The largest absolute Gasteiger partial charge is 0.460 e. The Kier molecular flexibility index (Phi) is 3.72. The normalized spacial score (nSPS) is 27.7. The molecule has 1 aliphatic carbocycles. The van der Waals surface area contributed by atoms with Crippen LogP contribution < -0.4 is 0 Å². The molecule has 4 heteroatoms. The minimum atomic E-state index is -1.51. The lowest BCUT2D eigenvalue weighted by Crippen LogP contribution is -2.37. The van der Waals surface area contributed by atoms with Gasteiger partial charge in [-0.25, -0.2) is 0 Å². The van der Waals surface area contributed by atoms with Gasteiger partial charge >= 0.3 is 5.97 Å². The molecule has 1 rings (SSSR count). The van der Waals surface area contributed by atoms with Gasteiger partial charge in [-0.3, -0.25) is 4.79 Å². The minimum Gasteiger partial charge on any atom is -0.460 e. The summed E-state index contributed by atoms with van der Waals surface area (Å²) in [5.41, 5.74) is 0. The number of rotatable bonds is 3. The Morgan fingerprint density at radius 2 is 1.79 bits per heavy atom. The lowest BCUT2D eigenvalue weighted by Gasteiger charge is -2.27. The van der Waals surface area contributed by atoms with Crippen LogP contribution >= 0.6 is 0 Å². The van der Waals surface area contributed by atoms with Crippen LogP contribution in [-0.4, -0.2) is 26.5 Å². The van der Waals surface area contributed by atoms with Gasteiger partial charge in [0.05, 0.1) is 6.10 Å².